The lowest BCUT2D eigenvalue weighted by Gasteiger charge is -2.11. The van der Waals surface area contributed by atoms with Crippen LogP contribution in [0.5, 0.6) is 5.75 Å². The zero-order valence-electron chi connectivity index (χ0n) is 14.3. The molecule has 0 amide bonds. The molecule has 4 heteroatoms. The first kappa shape index (κ1) is 14.7. The van der Waals surface area contributed by atoms with E-state index in [2.05, 4.69) is 37.9 Å². The standard InChI is InChI=1S/C20H19N3O/c1-11-7-12(2)17(13(3)8-11)18-15-10-21-5-6-23(15)20-16(24)9-14(4)22-19(18)20/h5-10H,1-4H3,(H,22,24). The number of nitrogens with zero attached hydrogens (tertiary/aromatic N) is 3. The quantitative estimate of drug-likeness (QED) is 0.563. The van der Waals surface area contributed by atoms with Crippen LogP contribution in [-0.4, -0.2) is 19.5 Å². The summed E-state index contributed by atoms with van der Waals surface area (Å²) in [5.41, 5.74) is 9.14. The van der Waals surface area contributed by atoms with Gasteiger partial charge in [-0.2, -0.15) is 0 Å². The number of fused-ring (bicyclic) bond motifs is 3. The predicted molar refractivity (Wildman–Crippen MR) is 96.5 cm³/mol. The van der Waals surface area contributed by atoms with Crippen molar-refractivity contribution in [1.82, 2.24) is 14.4 Å². The largest absolute Gasteiger partial charge is 0.506 e. The van der Waals surface area contributed by atoms with Gasteiger partial charge < -0.3 is 9.51 Å². The molecule has 0 bridgehead atoms. The van der Waals surface area contributed by atoms with Gasteiger partial charge in [-0.1, -0.05) is 17.7 Å². The molecule has 0 unspecified atom stereocenters. The molecule has 0 fully saturated rings. The van der Waals surface area contributed by atoms with Gasteiger partial charge in [-0.25, -0.2) is 0 Å². The molecule has 3 aromatic heterocycles. The van der Waals surface area contributed by atoms with E-state index in [1.54, 1.807) is 12.3 Å². The Bertz CT molecular complexity index is 1090. The molecule has 0 saturated heterocycles. The minimum Gasteiger partial charge on any atom is -0.506 e. The second-order valence-electron chi connectivity index (χ2n) is 6.46. The van der Waals surface area contributed by atoms with Crippen LogP contribution in [0.3, 0.4) is 0 Å². The molecule has 0 aliphatic carbocycles. The Hall–Kier alpha value is -2.88. The van der Waals surface area contributed by atoms with Crippen molar-refractivity contribution in [2.24, 2.45) is 0 Å². The van der Waals surface area contributed by atoms with E-state index in [1.807, 2.05) is 23.7 Å². The van der Waals surface area contributed by atoms with Crippen molar-refractivity contribution in [2.75, 3.05) is 0 Å². The molecule has 120 valence electrons. The highest BCUT2D eigenvalue weighted by Gasteiger charge is 2.20. The van der Waals surface area contributed by atoms with Gasteiger partial charge in [0, 0.05) is 29.7 Å². The molecule has 24 heavy (non-hydrogen) atoms. The molecule has 0 spiro atoms. The minimum atomic E-state index is 0.243. The number of aryl methyl sites for hydroxylation is 4. The Kier molecular flexibility index (Phi) is 3.10. The molecule has 4 rings (SSSR count). The van der Waals surface area contributed by atoms with Gasteiger partial charge in [-0.05, 0) is 44.4 Å². The molecule has 0 saturated carbocycles. The maximum Gasteiger partial charge on any atom is 0.143 e. The number of aromatic hydroxyl groups is 1. The van der Waals surface area contributed by atoms with Gasteiger partial charge in [-0.15, -0.1) is 0 Å². The summed E-state index contributed by atoms with van der Waals surface area (Å²) in [7, 11) is 0. The van der Waals surface area contributed by atoms with Crippen LogP contribution in [0, 0.1) is 27.7 Å². The molecule has 4 nitrogen and oxygen atoms in total. The third-order valence-corrected chi connectivity index (χ3v) is 4.52. The van der Waals surface area contributed by atoms with Crippen LogP contribution < -0.4 is 0 Å². The van der Waals surface area contributed by atoms with Gasteiger partial charge in [0.05, 0.1) is 11.7 Å². The molecule has 0 radical (unpaired) electrons. The smallest absolute Gasteiger partial charge is 0.143 e. The van der Waals surface area contributed by atoms with Crippen LogP contribution in [0.15, 0.2) is 36.8 Å². The van der Waals surface area contributed by atoms with Crippen molar-refractivity contribution in [2.45, 2.75) is 27.7 Å². The van der Waals surface area contributed by atoms with Gasteiger partial charge in [0.2, 0.25) is 0 Å². The van der Waals surface area contributed by atoms with E-state index in [1.165, 1.54) is 22.3 Å². The third-order valence-electron chi connectivity index (χ3n) is 4.52. The van der Waals surface area contributed by atoms with Crippen molar-refractivity contribution >= 4 is 16.6 Å². The molecule has 4 aromatic rings. The van der Waals surface area contributed by atoms with Gasteiger partial charge in [-0.3, -0.25) is 9.97 Å². The van der Waals surface area contributed by atoms with Crippen LogP contribution in [0.25, 0.3) is 27.7 Å². The van der Waals surface area contributed by atoms with Gasteiger partial charge in [0.15, 0.2) is 0 Å². The summed E-state index contributed by atoms with van der Waals surface area (Å²) in [5, 5.41) is 10.5. The molecule has 1 N–H and O–H groups in total. The Morgan fingerprint density at radius 3 is 2.38 bits per heavy atom. The Morgan fingerprint density at radius 2 is 1.67 bits per heavy atom. The topological polar surface area (TPSA) is 50.4 Å². The highest BCUT2D eigenvalue weighted by molar-refractivity contribution is 6.06. The summed E-state index contributed by atoms with van der Waals surface area (Å²) in [5.74, 6) is 0.243. The van der Waals surface area contributed by atoms with Gasteiger partial charge in [0.1, 0.15) is 16.8 Å². The maximum absolute atomic E-state index is 10.5. The van der Waals surface area contributed by atoms with Crippen molar-refractivity contribution in [3.8, 4) is 16.9 Å². The fourth-order valence-corrected chi connectivity index (χ4v) is 3.74. The normalized spacial score (nSPS) is 11.5. The molecule has 1 aromatic carbocycles. The number of rotatable bonds is 1. The van der Waals surface area contributed by atoms with E-state index in [4.69, 9.17) is 4.98 Å². The second kappa shape index (κ2) is 5.06. The number of hydrogen-bond acceptors (Lipinski definition) is 3. The number of pyridine rings is 1. The van der Waals surface area contributed by atoms with Crippen molar-refractivity contribution in [3.63, 3.8) is 0 Å². The van der Waals surface area contributed by atoms with Crippen LogP contribution in [0.1, 0.15) is 22.4 Å². The van der Waals surface area contributed by atoms with Crippen LogP contribution in [0.4, 0.5) is 0 Å². The van der Waals surface area contributed by atoms with Crippen molar-refractivity contribution < 1.29 is 5.11 Å². The van der Waals surface area contributed by atoms with E-state index in [-0.39, 0.29) is 5.75 Å². The molecule has 0 atom stereocenters. The van der Waals surface area contributed by atoms with Crippen LogP contribution in [-0.2, 0) is 0 Å². The number of aromatic nitrogens is 3. The van der Waals surface area contributed by atoms with E-state index in [0.717, 1.165) is 27.8 Å². The van der Waals surface area contributed by atoms with Crippen molar-refractivity contribution in [3.05, 3.63) is 59.2 Å². The number of benzene rings is 1. The van der Waals surface area contributed by atoms with E-state index in [9.17, 15) is 5.11 Å². The fraction of sp³-hybridized carbons (Fsp3) is 0.200. The maximum atomic E-state index is 10.5. The van der Waals surface area contributed by atoms with Crippen LogP contribution in [0.2, 0.25) is 0 Å². The minimum absolute atomic E-state index is 0.243. The summed E-state index contributed by atoms with van der Waals surface area (Å²) in [6.07, 6.45) is 5.44. The molecule has 0 aliphatic heterocycles. The average Bonchev–Trinajstić information content (AvgIpc) is 2.81. The van der Waals surface area contributed by atoms with Crippen molar-refractivity contribution in [1.29, 1.82) is 0 Å². The summed E-state index contributed by atoms with van der Waals surface area (Å²) in [6, 6.07) is 6.07. The van der Waals surface area contributed by atoms with E-state index >= 15 is 0 Å². The summed E-state index contributed by atoms with van der Waals surface area (Å²) in [6.45, 7) is 8.25. The monoisotopic (exact) mass is 317 g/mol. The SMILES string of the molecule is Cc1cc(C)c(-c2c3nc(C)cc(O)c3n3ccncc23)c(C)c1. The van der Waals surface area contributed by atoms with Crippen LogP contribution >= 0.6 is 0 Å². The zero-order chi connectivity index (χ0) is 17.0. The first-order valence-corrected chi connectivity index (χ1v) is 8.00. The highest BCUT2D eigenvalue weighted by atomic mass is 16.3. The molecular formula is C20H19N3O. The molecule has 3 heterocycles. The first-order chi connectivity index (χ1) is 11.5. The van der Waals surface area contributed by atoms with Gasteiger partial charge >= 0.3 is 0 Å². The van der Waals surface area contributed by atoms with E-state index < -0.39 is 0 Å². The summed E-state index contributed by atoms with van der Waals surface area (Å²) in [4.78, 5) is 9.04. The lowest BCUT2D eigenvalue weighted by atomic mass is 9.94. The summed E-state index contributed by atoms with van der Waals surface area (Å²) >= 11 is 0. The third kappa shape index (κ3) is 1.99. The lowest BCUT2D eigenvalue weighted by molar-refractivity contribution is 0.479. The average molecular weight is 317 g/mol. The molecular weight excluding hydrogens is 298 g/mol. The van der Waals surface area contributed by atoms with Gasteiger partial charge in [0.25, 0.3) is 0 Å². The Morgan fingerprint density at radius 1 is 0.958 bits per heavy atom. The first-order valence-electron chi connectivity index (χ1n) is 8.00. The lowest BCUT2D eigenvalue weighted by Crippen LogP contribution is -1.91. The molecule has 0 aliphatic rings. The summed E-state index contributed by atoms with van der Waals surface area (Å²) < 4.78 is 1.97. The predicted octanol–water partition coefficient (Wildman–Crippen LogP) is 4.49. The highest BCUT2D eigenvalue weighted by Crippen LogP contribution is 2.40. The zero-order valence-corrected chi connectivity index (χ0v) is 14.3. The second-order valence-corrected chi connectivity index (χ2v) is 6.46. The fourth-order valence-electron chi connectivity index (χ4n) is 3.74. The Balaban J connectivity index is 2.27. The number of hydrogen-bond donors (Lipinski definition) is 1. The van der Waals surface area contributed by atoms with E-state index in [0.29, 0.717) is 0 Å². The Labute approximate surface area is 140 Å².